The second-order valence-corrected chi connectivity index (χ2v) is 8.38. The molecule has 0 amide bonds. The Labute approximate surface area is 148 Å². The van der Waals surface area contributed by atoms with E-state index in [9.17, 15) is 4.79 Å². The lowest BCUT2D eigenvalue weighted by molar-refractivity contribution is 0.0937. The van der Waals surface area contributed by atoms with E-state index in [4.69, 9.17) is 15.0 Å². The molecule has 4 rings (SSSR count). The minimum absolute atomic E-state index is 0.0781. The maximum Gasteiger partial charge on any atom is 0.263 e. The van der Waals surface area contributed by atoms with Crippen LogP contribution in [0.25, 0.3) is 10.2 Å². The lowest BCUT2D eigenvalue weighted by Gasteiger charge is -2.15. The van der Waals surface area contributed by atoms with Crippen molar-refractivity contribution in [3.63, 3.8) is 0 Å². The van der Waals surface area contributed by atoms with Gasteiger partial charge in [-0.3, -0.25) is 9.36 Å². The van der Waals surface area contributed by atoms with Crippen LogP contribution < -0.4 is 5.56 Å². The van der Waals surface area contributed by atoms with E-state index in [-0.39, 0.29) is 11.7 Å². The fraction of sp³-hybridized carbons (Fsp3) is 0.588. The van der Waals surface area contributed by atoms with Crippen LogP contribution in [0.2, 0.25) is 0 Å². The zero-order valence-corrected chi connectivity index (χ0v) is 15.0. The van der Waals surface area contributed by atoms with Crippen LogP contribution in [-0.4, -0.2) is 28.0 Å². The van der Waals surface area contributed by atoms with Crippen molar-refractivity contribution in [1.82, 2.24) is 9.55 Å². The molecule has 1 fully saturated rings. The van der Waals surface area contributed by atoms with Gasteiger partial charge in [0.1, 0.15) is 4.83 Å². The van der Waals surface area contributed by atoms with Gasteiger partial charge >= 0.3 is 0 Å². The van der Waals surface area contributed by atoms with E-state index in [0.29, 0.717) is 18.7 Å². The summed E-state index contributed by atoms with van der Waals surface area (Å²) >= 11 is 3.18. The van der Waals surface area contributed by atoms with Crippen LogP contribution in [-0.2, 0) is 24.1 Å². The Kier molecular flexibility index (Phi) is 4.61. The van der Waals surface area contributed by atoms with Gasteiger partial charge in [-0.2, -0.15) is 5.26 Å². The van der Waals surface area contributed by atoms with Gasteiger partial charge in [0.15, 0.2) is 5.16 Å². The Morgan fingerprint density at radius 2 is 2.33 bits per heavy atom. The number of thiophene rings is 1. The average Bonchev–Trinajstić information content (AvgIpc) is 3.27. The molecule has 3 heterocycles. The fourth-order valence-corrected chi connectivity index (χ4v) is 5.66. The number of aromatic nitrogens is 2. The Bertz CT molecular complexity index is 859. The van der Waals surface area contributed by atoms with Crippen molar-refractivity contribution in [3.8, 4) is 6.07 Å². The van der Waals surface area contributed by atoms with Crippen molar-refractivity contribution in [2.24, 2.45) is 0 Å². The molecule has 1 atom stereocenters. The highest BCUT2D eigenvalue weighted by molar-refractivity contribution is 7.99. The number of hydrogen-bond acceptors (Lipinski definition) is 6. The molecule has 0 spiro atoms. The summed E-state index contributed by atoms with van der Waals surface area (Å²) in [5.74, 6) is 0.658. The van der Waals surface area contributed by atoms with Gasteiger partial charge in [-0.05, 0) is 37.7 Å². The van der Waals surface area contributed by atoms with Gasteiger partial charge in [-0.15, -0.1) is 11.3 Å². The topological polar surface area (TPSA) is 67.9 Å². The van der Waals surface area contributed by atoms with Gasteiger partial charge in [-0.1, -0.05) is 11.8 Å². The first-order valence-electron chi connectivity index (χ1n) is 8.44. The maximum absolute atomic E-state index is 13.2. The van der Waals surface area contributed by atoms with Crippen molar-refractivity contribution < 1.29 is 4.74 Å². The molecule has 5 nitrogen and oxygen atoms in total. The summed E-state index contributed by atoms with van der Waals surface area (Å²) in [4.78, 5) is 20.2. The van der Waals surface area contributed by atoms with Crippen LogP contribution in [0.4, 0.5) is 0 Å². The predicted octanol–water partition coefficient (Wildman–Crippen LogP) is 3.13. The number of ether oxygens (including phenoxy) is 1. The SMILES string of the molecule is N#CCCSc1nc2sc3c(c2c(=O)n1C[C@@H]1CCCO1)CCC3. The molecule has 0 unspecified atom stereocenters. The third-order valence-corrected chi connectivity index (χ3v) is 6.81. The largest absolute Gasteiger partial charge is 0.376 e. The average molecular weight is 361 g/mol. The second-order valence-electron chi connectivity index (χ2n) is 6.24. The first-order chi connectivity index (χ1) is 11.8. The lowest BCUT2D eigenvalue weighted by Crippen LogP contribution is -2.29. The number of fused-ring (bicyclic) bond motifs is 3. The summed E-state index contributed by atoms with van der Waals surface area (Å²) in [6, 6.07) is 2.16. The van der Waals surface area contributed by atoms with E-state index < -0.39 is 0 Å². The van der Waals surface area contributed by atoms with Crippen molar-refractivity contribution in [1.29, 1.82) is 5.26 Å². The second kappa shape index (κ2) is 6.87. The van der Waals surface area contributed by atoms with Crippen molar-refractivity contribution >= 4 is 33.3 Å². The van der Waals surface area contributed by atoms with Crippen LogP contribution >= 0.6 is 23.1 Å². The zero-order chi connectivity index (χ0) is 16.5. The van der Waals surface area contributed by atoms with Crippen molar-refractivity contribution in [2.45, 2.75) is 56.3 Å². The molecule has 1 aliphatic carbocycles. The summed E-state index contributed by atoms with van der Waals surface area (Å²) in [5.41, 5.74) is 1.30. The monoisotopic (exact) mass is 361 g/mol. The molecule has 7 heteroatoms. The van der Waals surface area contributed by atoms with Gasteiger partial charge in [0, 0.05) is 23.7 Å². The highest BCUT2D eigenvalue weighted by Crippen LogP contribution is 2.35. The van der Waals surface area contributed by atoms with Gasteiger partial charge in [0.25, 0.3) is 5.56 Å². The molecule has 24 heavy (non-hydrogen) atoms. The molecule has 1 aliphatic heterocycles. The van der Waals surface area contributed by atoms with Crippen LogP contribution in [0, 0.1) is 11.3 Å². The summed E-state index contributed by atoms with van der Waals surface area (Å²) in [7, 11) is 0. The highest BCUT2D eigenvalue weighted by atomic mass is 32.2. The smallest absolute Gasteiger partial charge is 0.263 e. The molecule has 0 radical (unpaired) electrons. The number of nitriles is 1. The Morgan fingerprint density at radius 3 is 3.12 bits per heavy atom. The number of rotatable bonds is 5. The van der Waals surface area contributed by atoms with E-state index in [1.165, 1.54) is 22.2 Å². The molecular weight excluding hydrogens is 342 g/mol. The molecule has 1 saturated heterocycles. The van der Waals surface area contributed by atoms with Crippen LogP contribution in [0.5, 0.6) is 0 Å². The van der Waals surface area contributed by atoms with E-state index >= 15 is 0 Å². The Morgan fingerprint density at radius 1 is 1.42 bits per heavy atom. The van der Waals surface area contributed by atoms with Crippen LogP contribution in [0.1, 0.15) is 36.1 Å². The number of aryl methyl sites for hydroxylation is 2. The summed E-state index contributed by atoms with van der Waals surface area (Å²) in [6.45, 7) is 1.35. The number of thioether (sulfide) groups is 1. The Balaban J connectivity index is 1.78. The Hall–Kier alpha value is -1.36. The minimum Gasteiger partial charge on any atom is -0.376 e. The molecule has 0 aromatic carbocycles. The quantitative estimate of drug-likeness (QED) is 0.465. The third-order valence-electron chi connectivity index (χ3n) is 4.65. The molecule has 0 bridgehead atoms. The molecule has 126 valence electrons. The maximum atomic E-state index is 13.2. The standard InChI is InChI=1S/C17H19N3O2S2/c18-7-3-9-23-17-19-15-14(12-5-1-6-13(12)24-15)16(21)20(17)10-11-4-2-8-22-11/h11H,1-6,8-10H2/t11-/m0/s1. The fourth-order valence-electron chi connectivity index (χ4n) is 3.51. The zero-order valence-electron chi connectivity index (χ0n) is 13.4. The van der Waals surface area contributed by atoms with Gasteiger partial charge < -0.3 is 4.74 Å². The van der Waals surface area contributed by atoms with E-state index in [1.54, 1.807) is 15.9 Å². The van der Waals surface area contributed by atoms with Gasteiger partial charge in [-0.25, -0.2) is 4.98 Å². The van der Waals surface area contributed by atoms with Crippen molar-refractivity contribution in [3.05, 3.63) is 20.8 Å². The van der Waals surface area contributed by atoms with Crippen LogP contribution in [0.15, 0.2) is 9.95 Å². The predicted molar refractivity (Wildman–Crippen MR) is 95.8 cm³/mol. The highest BCUT2D eigenvalue weighted by Gasteiger charge is 2.25. The minimum atomic E-state index is 0.0781. The molecule has 0 saturated carbocycles. The van der Waals surface area contributed by atoms with Crippen molar-refractivity contribution in [2.75, 3.05) is 12.4 Å². The molecule has 2 aromatic heterocycles. The summed E-state index contributed by atoms with van der Waals surface area (Å²) < 4.78 is 7.53. The molecular formula is C17H19N3O2S2. The van der Waals surface area contributed by atoms with Gasteiger partial charge in [0.05, 0.1) is 24.1 Å². The van der Waals surface area contributed by atoms with E-state index in [2.05, 4.69) is 6.07 Å². The first kappa shape index (κ1) is 16.1. The van der Waals surface area contributed by atoms with E-state index in [0.717, 1.165) is 54.1 Å². The normalized spacial score (nSPS) is 19.7. The molecule has 2 aromatic rings. The first-order valence-corrected chi connectivity index (χ1v) is 10.2. The number of hydrogen-bond donors (Lipinski definition) is 0. The molecule has 2 aliphatic rings. The van der Waals surface area contributed by atoms with Crippen LogP contribution in [0.3, 0.4) is 0 Å². The van der Waals surface area contributed by atoms with Gasteiger partial charge in [0.2, 0.25) is 0 Å². The summed E-state index contributed by atoms with van der Waals surface area (Å²) in [6.07, 6.45) is 5.81. The number of nitrogens with zero attached hydrogens (tertiary/aromatic N) is 3. The lowest BCUT2D eigenvalue weighted by atomic mass is 10.2. The summed E-state index contributed by atoms with van der Waals surface area (Å²) in [5, 5.41) is 10.3. The van der Waals surface area contributed by atoms with E-state index in [1.807, 2.05) is 0 Å². The molecule has 0 N–H and O–H groups in total. The third kappa shape index (κ3) is 2.87.